The van der Waals surface area contributed by atoms with Crippen LogP contribution in [-0.4, -0.2) is 16.0 Å². The van der Waals surface area contributed by atoms with E-state index in [-0.39, 0.29) is 28.3 Å². The summed E-state index contributed by atoms with van der Waals surface area (Å²) < 4.78 is 0. The highest BCUT2D eigenvalue weighted by Gasteiger charge is 2.17. The fourth-order valence-corrected chi connectivity index (χ4v) is 1.60. The second-order valence-corrected chi connectivity index (χ2v) is 3.64. The normalized spacial score (nSPS) is 10.0. The lowest BCUT2D eigenvalue weighted by Crippen LogP contribution is -2.01. The molecule has 90 valence electrons. The van der Waals surface area contributed by atoms with Crippen LogP contribution in [0.4, 0.5) is 5.69 Å². The monoisotopic (exact) mass is 243 g/mol. The molecule has 0 aromatic heterocycles. The van der Waals surface area contributed by atoms with Crippen molar-refractivity contribution in [1.82, 2.24) is 0 Å². The van der Waals surface area contributed by atoms with E-state index < -0.39 is 5.78 Å². The number of phenolic OH excluding ortho intramolecular Hbond substituents is 2. The van der Waals surface area contributed by atoms with Crippen molar-refractivity contribution in [3.63, 3.8) is 0 Å². The second-order valence-electron chi connectivity index (χ2n) is 3.64. The largest absolute Gasteiger partial charge is 0.508 e. The maximum absolute atomic E-state index is 12.1. The fourth-order valence-electron chi connectivity index (χ4n) is 1.60. The third kappa shape index (κ3) is 2.06. The summed E-state index contributed by atoms with van der Waals surface area (Å²) in [6.07, 6.45) is 0. The molecule has 0 heterocycles. The van der Waals surface area contributed by atoms with Gasteiger partial charge in [0, 0.05) is 6.07 Å². The highest BCUT2D eigenvalue weighted by molar-refractivity contribution is 6.13. The van der Waals surface area contributed by atoms with E-state index in [2.05, 4.69) is 5.18 Å². The Bertz CT molecular complexity index is 622. The van der Waals surface area contributed by atoms with Crippen molar-refractivity contribution in [3.05, 3.63) is 58.5 Å². The van der Waals surface area contributed by atoms with Crippen LogP contribution in [0.1, 0.15) is 15.9 Å². The van der Waals surface area contributed by atoms with Crippen LogP contribution in [-0.2, 0) is 0 Å². The first kappa shape index (κ1) is 11.8. The van der Waals surface area contributed by atoms with Crippen LogP contribution in [0.15, 0.2) is 47.6 Å². The maximum atomic E-state index is 12.1. The van der Waals surface area contributed by atoms with Crippen molar-refractivity contribution in [2.75, 3.05) is 0 Å². The third-order valence-electron chi connectivity index (χ3n) is 2.47. The number of carbonyl (C=O) groups excluding carboxylic acids is 1. The Kier molecular flexibility index (Phi) is 3.05. The van der Waals surface area contributed by atoms with Crippen LogP contribution in [0, 0.1) is 4.91 Å². The third-order valence-corrected chi connectivity index (χ3v) is 2.47. The zero-order valence-corrected chi connectivity index (χ0v) is 9.20. The van der Waals surface area contributed by atoms with Crippen LogP contribution in [0.2, 0.25) is 0 Å². The smallest absolute Gasteiger partial charge is 0.199 e. The summed E-state index contributed by atoms with van der Waals surface area (Å²) in [5.41, 5.74) is 0.118. The maximum Gasteiger partial charge on any atom is 0.199 e. The number of hydrogen-bond acceptors (Lipinski definition) is 5. The molecule has 0 fully saturated rings. The van der Waals surface area contributed by atoms with Crippen LogP contribution in [0.3, 0.4) is 0 Å². The minimum Gasteiger partial charge on any atom is -0.508 e. The van der Waals surface area contributed by atoms with E-state index in [0.29, 0.717) is 0 Å². The molecule has 0 spiro atoms. The van der Waals surface area contributed by atoms with Crippen LogP contribution >= 0.6 is 0 Å². The van der Waals surface area contributed by atoms with Gasteiger partial charge < -0.3 is 10.2 Å². The molecule has 0 aliphatic rings. The zero-order valence-electron chi connectivity index (χ0n) is 9.20. The molecule has 0 unspecified atom stereocenters. The van der Waals surface area contributed by atoms with Crippen molar-refractivity contribution in [2.24, 2.45) is 5.18 Å². The van der Waals surface area contributed by atoms with E-state index in [1.54, 1.807) is 12.1 Å². The number of aromatic hydroxyl groups is 2. The van der Waals surface area contributed by atoms with Gasteiger partial charge in [-0.15, -0.1) is 4.91 Å². The van der Waals surface area contributed by atoms with Gasteiger partial charge in [0.2, 0.25) is 0 Å². The lowest BCUT2D eigenvalue weighted by molar-refractivity contribution is 0.103. The van der Waals surface area contributed by atoms with Gasteiger partial charge in [-0.05, 0) is 29.4 Å². The van der Waals surface area contributed by atoms with Crippen molar-refractivity contribution < 1.29 is 15.0 Å². The molecule has 18 heavy (non-hydrogen) atoms. The summed E-state index contributed by atoms with van der Waals surface area (Å²) in [4.78, 5) is 22.7. The van der Waals surface area contributed by atoms with E-state index in [0.717, 1.165) is 6.07 Å². The molecule has 0 amide bonds. The van der Waals surface area contributed by atoms with Crippen molar-refractivity contribution in [1.29, 1.82) is 0 Å². The van der Waals surface area contributed by atoms with Gasteiger partial charge in [0.15, 0.2) is 5.78 Å². The first-order valence-electron chi connectivity index (χ1n) is 5.12. The Morgan fingerprint density at radius 1 is 1.00 bits per heavy atom. The Balaban J connectivity index is 2.51. The number of benzene rings is 2. The number of nitroso groups, excluding NO2 is 1. The average molecular weight is 243 g/mol. The van der Waals surface area contributed by atoms with Gasteiger partial charge in [0.1, 0.15) is 17.2 Å². The molecule has 5 nitrogen and oxygen atoms in total. The Morgan fingerprint density at radius 2 is 1.72 bits per heavy atom. The summed E-state index contributed by atoms with van der Waals surface area (Å²) in [5, 5.41) is 21.5. The van der Waals surface area contributed by atoms with E-state index in [9.17, 15) is 14.8 Å². The van der Waals surface area contributed by atoms with E-state index in [4.69, 9.17) is 5.11 Å². The SMILES string of the molecule is O=Nc1ccccc1C(=O)c1ccc(O)cc1O. The van der Waals surface area contributed by atoms with Gasteiger partial charge >= 0.3 is 0 Å². The van der Waals surface area contributed by atoms with E-state index in [1.165, 1.54) is 24.3 Å². The summed E-state index contributed by atoms with van der Waals surface area (Å²) in [5.74, 6) is -1.02. The number of nitrogens with zero attached hydrogens (tertiary/aromatic N) is 1. The molecule has 0 aliphatic carbocycles. The number of ketones is 1. The molecule has 2 N–H and O–H groups in total. The molecule has 5 heteroatoms. The molecule has 0 saturated carbocycles. The predicted molar refractivity (Wildman–Crippen MR) is 65.1 cm³/mol. The number of hydrogen-bond donors (Lipinski definition) is 2. The summed E-state index contributed by atoms with van der Waals surface area (Å²) in [6.45, 7) is 0. The first-order valence-corrected chi connectivity index (χ1v) is 5.12. The van der Waals surface area contributed by atoms with Gasteiger partial charge in [-0.1, -0.05) is 12.1 Å². The number of phenols is 2. The number of rotatable bonds is 3. The Morgan fingerprint density at radius 3 is 2.39 bits per heavy atom. The van der Waals surface area contributed by atoms with Gasteiger partial charge in [-0.2, -0.15) is 0 Å². The molecule has 0 radical (unpaired) electrons. The second kappa shape index (κ2) is 4.67. The molecule has 0 atom stereocenters. The Labute approximate surface area is 102 Å². The molecule has 0 aliphatic heterocycles. The zero-order chi connectivity index (χ0) is 13.1. The molecule has 0 bridgehead atoms. The molecule has 0 saturated heterocycles. The van der Waals surface area contributed by atoms with Crippen molar-refractivity contribution in [3.8, 4) is 11.5 Å². The molecular weight excluding hydrogens is 234 g/mol. The molecule has 2 rings (SSSR count). The van der Waals surface area contributed by atoms with Gasteiger partial charge in [-0.25, -0.2) is 0 Å². The Hall–Kier alpha value is -2.69. The van der Waals surface area contributed by atoms with Gasteiger partial charge in [0.25, 0.3) is 0 Å². The van der Waals surface area contributed by atoms with Gasteiger partial charge in [0.05, 0.1) is 11.1 Å². The van der Waals surface area contributed by atoms with Crippen LogP contribution in [0.5, 0.6) is 11.5 Å². The minimum atomic E-state index is -0.525. The summed E-state index contributed by atoms with van der Waals surface area (Å²) in [6, 6.07) is 9.68. The van der Waals surface area contributed by atoms with Crippen molar-refractivity contribution in [2.45, 2.75) is 0 Å². The minimum absolute atomic E-state index is 0.00361. The lowest BCUT2D eigenvalue weighted by atomic mass is 10.0. The molecule has 2 aromatic carbocycles. The van der Waals surface area contributed by atoms with Crippen molar-refractivity contribution >= 4 is 11.5 Å². The first-order chi connectivity index (χ1) is 8.63. The molecule has 2 aromatic rings. The number of carbonyl (C=O) groups is 1. The van der Waals surface area contributed by atoms with Gasteiger partial charge in [-0.3, -0.25) is 4.79 Å². The quantitative estimate of drug-likeness (QED) is 0.640. The standard InChI is InChI=1S/C13H9NO4/c15-8-5-6-10(12(16)7-8)13(17)9-3-1-2-4-11(9)14-18/h1-7,15-16H. The topological polar surface area (TPSA) is 87.0 Å². The fraction of sp³-hybridized carbons (Fsp3) is 0. The summed E-state index contributed by atoms with van der Waals surface area (Å²) in [7, 11) is 0. The lowest BCUT2D eigenvalue weighted by Gasteiger charge is -2.05. The molecular formula is C13H9NO4. The van der Waals surface area contributed by atoms with E-state index in [1.807, 2.05) is 0 Å². The highest BCUT2D eigenvalue weighted by atomic mass is 16.3. The van der Waals surface area contributed by atoms with Crippen LogP contribution < -0.4 is 0 Å². The predicted octanol–water partition coefficient (Wildman–Crippen LogP) is 2.73. The average Bonchev–Trinajstić information content (AvgIpc) is 2.38. The highest BCUT2D eigenvalue weighted by Crippen LogP contribution is 2.28. The van der Waals surface area contributed by atoms with E-state index >= 15 is 0 Å². The van der Waals surface area contributed by atoms with Crippen LogP contribution in [0.25, 0.3) is 0 Å². The summed E-state index contributed by atoms with van der Waals surface area (Å²) >= 11 is 0.